The van der Waals surface area contributed by atoms with Crippen molar-refractivity contribution in [2.24, 2.45) is 5.14 Å². The van der Waals surface area contributed by atoms with E-state index >= 15 is 0 Å². The molecule has 0 aliphatic heterocycles. The second-order valence-electron chi connectivity index (χ2n) is 5.99. The van der Waals surface area contributed by atoms with Crippen molar-refractivity contribution in [3.63, 3.8) is 0 Å². The summed E-state index contributed by atoms with van der Waals surface area (Å²) in [7, 11) is -3.80. The van der Waals surface area contributed by atoms with Crippen molar-refractivity contribution >= 4 is 27.6 Å². The molecule has 0 fully saturated rings. The van der Waals surface area contributed by atoms with Gasteiger partial charge in [0.25, 0.3) is 5.91 Å². The molecule has 27 heavy (non-hydrogen) atoms. The molecule has 0 aliphatic carbocycles. The van der Waals surface area contributed by atoms with E-state index in [1.807, 2.05) is 0 Å². The molecule has 1 aromatic carbocycles. The highest BCUT2D eigenvalue weighted by molar-refractivity contribution is 7.89. The van der Waals surface area contributed by atoms with Gasteiger partial charge in [-0.3, -0.25) is 9.59 Å². The van der Waals surface area contributed by atoms with Gasteiger partial charge in [-0.05, 0) is 51.5 Å². The molecule has 146 valence electrons. The summed E-state index contributed by atoms with van der Waals surface area (Å²) in [5, 5.41) is 11.4. The van der Waals surface area contributed by atoms with Crippen LogP contribution in [0.5, 0.6) is 0 Å². The average molecular weight is 395 g/mol. The topological polar surface area (TPSA) is 142 Å². The van der Waals surface area contributed by atoms with Crippen LogP contribution in [0.15, 0.2) is 33.7 Å². The van der Waals surface area contributed by atoms with Gasteiger partial charge in [-0.15, -0.1) is 0 Å². The van der Waals surface area contributed by atoms with E-state index in [0.717, 1.165) is 5.56 Å². The van der Waals surface area contributed by atoms with Crippen LogP contribution < -0.4 is 10.5 Å². The zero-order chi connectivity index (χ0) is 20.2. The number of aryl methyl sites for hydroxylation is 2. The quantitative estimate of drug-likeness (QED) is 0.676. The molecule has 1 aromatic heterocycles. The predicted octanol–water partition coefficient (Wildman–Crippen LogP) is 1.44. The number of anilines is 1. The molecule has 10 heteroatoms. The summed E-state index contributed by atoms with van der Waals surface area (Å²) in [6.45, 7) is 4.99. The Hall–Kier alpha value is -2.72. The number of aromatic nitrogens is 1. The first-order valence-electron chi connectivity index (χ1n) is 8.13. The summed E-state index contributed by atoms with van der Waals surface area (Å²) in [6.07, 6.45) is -0.521. The Morgan fingerprint density at radius 3 is 2.41 bits per heavy atom. The van der Waals surface area contributed by atoms with E-state index in [1.165, 1.54) is 31.2 Å². The van der Waals surface area contributed by atoms with E-state index < -0.39 is 28.0 Å². The van der Waals surface area contributed by atoms with Gasteiger partial charge < -0.3 is 14.6 Å². The Labute approximate surface area is 156 Å². The minimum atomic E-state index is -3.80. The number of carbonyl (C=O) groups excluding carboxylic acids is 2. The summed E-state index contributed by atoms with van der Waals surface area (Å²) in [5.41, 5.74) is 1.92. The van der Waals surface area contributed by atoms with Crippen LogP contribution in [0, 0.1) is 13.8 Å². The molecule has 3 N–H and O–H groups in total. The number of benzene rings is 1. The number of ether oxygens (including phenoxy) is 1. The summed E-state index contributed by atoms with van der Waals surface area (Å²) >= 11 is 0. The lowest BCUT2D eigenvalue weighted by Gasteiger charge is -2.13. The molecule has 2 aromatic rings. The standard InChI is InChI=1S/C17H21N3O6S/c1-10-15(11(2)26-20-10)8-9-16(21)25-12(3)17(22)19-13-4-6-14(7-5-13)27(18,23)24/h4-7,12H,8-9H2,1-3H3,(H,19,22)(H2,18,23,24)/t12-/m0/s1. The number of nitrogens with one attached hydrogen (secondary N) is 1. The molecule has 0 aliphatic rings. The highest BCUT2D eigenvalue weighted by atomic mass is 32.2. The number of hydrogen-bond donors (Lipinski definition) is 2. The molecule has 1 heterocycles. The Bertz CT molecular complexity index is 915. The van der Waals surface area contributed by atoms with Crippen LogP contribution in [0.1, 0.15) is 30.4 Å². The zero-order valence-electron chi connectivity index (χ0n) is 15.2. The summed E-state index contributed by atoms with van der Waals surface area (Å²) in [4.78, 5) is 24.0. The highest BCUT2D eigenvalue weighted by Crippen LogP contribution is 2.16. The SMILES string of the molecule is Cc1noc(C)c1CCC(=O)O[C@@H](C)C(=O)Nc1ccc(S(N)(=O)=O)cc1. The van der Waals surface area contributed by atoms with Crippen LogP contribution in [0.25, 0.3) is 0 Å². The van der Waals surface area contributed by atoms with Gasteiger partial charge >= 0.3 is 5.97 Å². The van der Waals surface area contributed by atoms with E-state index in [0.29, 0.717) is 23.6 Å². The zero-order valence-corrected chi connectivity index (χ0v) is 16.0. The van der Waals surface area contributed by atoms with E-state index in [9.17, 15) is 18.0 Å². The third-order valence-corrected chi connectivity index (χ3v) is 4.82. The van der Waals surface area contributed by atoms with Gasteiger partial charge in [0, 0.05) is 17.7 Å². The van der Waals surface area contributed by atoms with Gasteiger partial charge in [0.1, 0.15) is 5.76 Å². The maximum atomic E-state index is 12.1. The van der Waals surface area contributed by atoms with E-state index in [1.54, 1.807) is 13.8 Å². The van der Waals surface area contributed by atoms with Crippen LogP contribution in [-0.2, 0) is 30.8 Å². The fourth-order valence-electron chi connectivity index (χ4n) is 2.37. The van der Waals surface area contributed by atoms with Crippen LogP contribution in [0.3, 0.4) is 0 Å². The first-order chi connectivity index (χ1) is 12.6. The van der Waals surface area contributed by atoms with Crippen molar-refractivity contribution in [1.82, 2.24) is 5.16 Å². The lowest BCUT2D eigenvalue weighted by molar-refractivity contribution is -0.153. The number of nitrogens with zero attached hydrogens (tertiary/aromatic N) is 1. The number of hydrogen-bond acceptors (Lipinski definition) is 7. The number of rotatable bonds is 7. The van der Waals surface area contributed by atoms with Crippen LogP contribution in [0.2, 0.25) is 0 Å². The maximum Gasteiger partial charge on any atom is 0.306 e. The number of carbonyl (C=O) groups is 2. The first kappa shape index (κ1) is 20.6. The average Bonchev–Trinajstić information content (AvgIpc) is 2.90. The Kier molecular flexibility index (Phi) is 6.34. The molecule has 2 rings (SSSR count). The minimum Gasteiger partial charge on any atom is -0.453 e. The smallest absolute Gasteiger partial charge is 0.306 e. The van der Waals surface area contributed by atoms with Crippen molar-refractivity contribution in [2.45, 2.75) is 44.6 Å². The Morgan fingerprint density at radius 2 is 1.89 bits per heavy atom. The van der Waals surface area contributed by atoms with Gasteiger partial charge in [0.05, 0.1) is 10.6 Å². The highest BCUT2D eigenvalue weighted by Gasteiger charge is 2.19. The van der Waals surface area contributed by atoms with Gasteiger partial charge in [-0.25, -0.2) is 13.6 Å². The molecule has 9 nitrogen and oxygen atoms in total. The lowest BCUT2D eigenvalue weighted by Crippen LogP contribution is -2.30. The van der Waals surface area contributed by atoms with Crippen LogP contribution in [0.4, 0.5) is 5.69 Å². The van der Waals surface area contributed by atoms with E-state index in [-0.39, 0.29) is 11.3 Å². The van der Waals surface area contributed by atoms with Gasteiger partial charge in [-0.2, -0.15) is 0 Å². The molecule has 0 saturated heterocycles. The molecular formula is C17H21N3O6S. The second kappa shape index (κ2) is 8.31. The van der Waals surface area contributed by atoms with Crippen molar-refractivity contribution in [1.29, 1.82) is 0 Å². The molecule has 0 spiro atoms. The Balaban J connectivity index is 1.86. The summed E-state index contributed by atoms with van der Waals surface area (Å²) in [6, 6.07) is 5.32. The van der Waals surface area contributed by atoms with Crippen LogP contribution >= 0.6 is 0 Å². The largest absolute Gasteiger partial charge is 0.453 e. The number of esters is 1. The number of primary sulfonamides is 1. The van der Waals surface area contributed by atoms with Crippen molar-refractivity contribution in [3.8, 4) is 0 Å². The summed E-state index contributed by atoms with van der Waals surface area (Å²) < 4.78 is 32.6. The first-order valence-corrected chi connectivity index (χ1v) is 9.67. The molecule has 0 bridgehead atoms. The van der Waals surface area contributed by atoms with Crippen molar-refractivity contribution in [3.05, 3.63) is 41.3 Å². The van der Waals surface area contributed by atoms with Gasteiger partial charge in [0.15, 0.2) is 6.10 Å². The minimum absolute atomic E-state index is 0.0701. The van der Waals surface area contributed by atoms with E-state index in [2.05, 4.69) is 10.5 Å². The lowest BCUT2D eigenvalue weighted by atomic mass is 10.1. The monoisotopic (exact) mass is 395 g/mol. The number of sulfonamides is 1. The van der Waals surface area contributed by atoms with E-state index in [4.69, 9.17) is 14.4 Å². The Morgan fingerprint density at radius 1 is 1.26 bits per heavy atom. The molecule has 0 saturated carbocycles. The fraction of sp³-hybridized carbons (Fsp3) is 0.353. The third-order valence-electron chi connectivity index (χ3n) is 3.89. The second-order valence-corrected chi connectivity index (χ2v) is 7.55. The normalized spacial score (nSPS) is 12.4. The number of amides is 1. The molecule has 1 atom stereocenters. The molecular weight excluding hydrogens is 374 g/mol. The predicted molar refractivity (Wildman–Crippen MR) is 96.3 cm³/mol. The molecule has 0 radical (unpaired) electrons. The van der Waals surface area contributed by atoms with Crippen molar-refractivity contribution in [2.75, 3.05) is 5.32 Å². The van der Waals surface area contributed by atoms with Gasteiger partial charge in [-0.1, -0.05) is 5.16 Å². The van der Waals surface area contributed by atoms with Crippen molar-refractivity contribution < 1.29 is 27.3 Å². The number of nitrogens with two attached hydrogens (primary N) is 1. The van der Waals surface area contributed by atoms with Gasteiger partial charge in [0.2, 0.25) is 10.0 Å². The summed E-state index contributed by atoms with van der Waals surface area (Å²) in [5.74, 6) is -0.416. The fourth-order valence-corrected chi connectivity index (χ4v) is 2.88. The van der Waals surface area contributed by atoms with Crippen LogP contribution in [-0.4, -0.2) is 31.6 Å². The molecule has 1 amide bonds. The third kappa shape index (κ3) is 5.63. The maximum absolute atomic E-state index is 12.1. The molecule has 0 unspecified atom stereocenters.